The first-order chi connectivity index (χ1) is 19.3. The van der Waals surface area contributed by atoms with Gasteiger partial charge in [-0.25, -0.2) is 4.98 Å². The number of hydrogen-bond acceptors (Lipinski definition) is 10. The van der Waals surface area contributed by atoms with Crippen LogP contribution < -0.4 is 26.0 Å². The first-order valence-electron chi connectivity index (χ1n) is 13.3. The van der Waals surface area contributed by atoms with Crippen LogP contribution in [0.3, 0.4) is 0 Å². The summed E-state index contributed by atoms with van der Waals surface area (Å²) in [6.07, 6.45) is 3.66. The van der Waals surface area contributed by atoms with Crippen molar-refractivity contribution in [2.24, 2.45) is 5.73 Å². The Kier molecular flexibility index (Phi) is 8.62. The lowest BCUT2D eigenvalue weighted by atomic mass is 10.0. The van der Waals surface area contributed by atoms with Gasteiger partial charge in [0, 0.05) is 79.6 Å². The zero-order chi connectivity index (χ0) is 28.2. The number of piperazine rings is 1. The van der Waals surface area contributed by atoms with E-state index in [1.807, 2.05) is 13.0 Å². The Balaban J connectivity index is 1.29. The number of nitrogens with two attached hydrogens (primary N) is 1. The summed E-state index contributed by atoms with van der Waals surface area (Å²) in [7, 11) is 2.16. The summed E-state index contributed by atoms with van der Waals surface area (Å²) in [4.78, 5) is 27.6. The van der Waals surface area contributed by atoms with Crippen LogP contribution in [0.5, 0.6) is 5.75 Å². The molecule has 2 aliphatic heterocycles. The Morgan fingerprint density at radius 3 is 2.55 bits per heavy atom. The van der Waals surface area contributed by atoms with Crippen LogP contribution in [0.25, 0.3) is 0 Å². The van der Waals surface area contributed by atoms with Gasteiger partial charge in [-0.3, -0.25) is 9.69 Å². The van der Waals surface area contributed by atoms with Crippen molar-refractivity contribution in [3.05, 3.63) is 46.3 Å². The lowest BCUT2D eigenvalue weighted by Crippen LogP contribution is -2.52. The van der Waals surface area contributed by atoms with Gasteiger partial charge < -0.3 is 30.9 Å². The van der Waals surface area contributed by atoms with Gasteiger partial charge in [0.25, 0.3) is 5.91 Å². The second-order valence-electron chi connectivity index (χ2n) is 10.2. The summed E-state index contributed by atoms with van der Waals surface area (Å²) < 4.78 is 31.7. The van der Waals surface area contributed by atoms with Gasteiger partial charge in [-0.05, 0) is 38.9 Å². The molecule has 1 aromatic carbocycles. The maximum absolute atomic E-state index is 13.4. The highest BCUT2D eigenvalue weighted by Crippen LogP contribution is 2.35. The Hall–Kier alpha value is -3.55. The standard InChI is InChI=1S/C27H34F2N8O2S/c1-17-14-31-27(34-25(17)32-22-16-40-15-20(22)24(30)38)33-21-4-3-19(13-23(21)39-26(28)29)36-7-5-18(6-8-36)37-11-9-35(2)10-12-37/h3-4,13-16,18,26H,5-12H2,1-2H3,(H2,30,38)(H2,31,32,33,34). The number of likely N-dealkylation sites (N-methyl/N-ethyl adjacent to an activating group) is 1. The van der Waals surface area contributed by atoms with Crippen LogP contribution in [0.2, 0.25) is 0 Å². The molecule has 0 saturated carbocycles. The third-order valence-corrected chi connectivity index (χ3v) is 8.21. The number of amides is 1. The first-order valence-corrected chi connectivity index (χ1v) is 14.2. The number of nitrogens with one attached hydrogen (secondary N) is 2. The van der Waals surface area contributed by atoms with Gasteiger partial charge in [0.05, 0.1) is 16.9 Å². The molecular formula is C27H34F2N8O2S. The van der Waals surface area contributed by atoms with E-state index in [2.05, 4.69) is 42.3 Å². The molecule has 0 spiro atoms. The van der Waals surface area contributed by atoms with Crippen molar-refractivity contribution in [3.8, 4) is 5.75 Å². The van der Waals surface area contributed by atoms with E-state index in [9.17, 15) is 13.6 Å². The van der Waals surface area contributed by atoms with E-state index >= 15 is 0 Å². The van der Waals surface area contributed by atoms with Crippen LogP contribution >= 0.6 is 11.3 Å². The van der Waals surface area contributed by atoms with Gasteiger partial charge in [-0.1, -0.05) is 0 Å². The van der Waals surface area contributed by atoms with Crippen LogP contribution in [0.15, 0.2) is 35.2 Å². The maximum atomic E-state index is 13.4. The average Bonchev–Trinajstić information content (AvgIpc) is 3.40. The highest BCUT2D eigenvalue weighted by molar-refractivity contribution is 7.08. The van der Waals surface area contributed by atoms with Crippen LogP contribution in [-0.2, 0) is 0 Å². The quantitative estimate of drug-likeness (QED) is 0.347. The minimum atomic E-state index is -2.99. The lowest BCUT2D eigenvalue weighted by molar-refractivity contribution is -0.0493. The minimum absolute atomic E-state index is 0.0150. The Morgan fingerprint density at radius 2 is 1.85 bits per heavy atom. The van der Waals surface area contributed by atoms with E-state index in [0.29, 0.717) is 28.8 Å². The molecular weight excluding hydrogens is 538 g/mol. The molecule has 0 bridgehead atoms. The summed E-state index contributed by atoms with van der Waals surface area (Å²) in [5, 5.41) is 9.54. The van der Waals surface area contributed by atoms with Gasteiger partial charge in [0.15, 0.2) is 5.75 Å². The van der Waals surface area contributed by atoms with E-state index in [-0.39, 0.29) is 11.7 Å². The molecule has 2 saturated heterocycles. The second-order valence-corrected chi connectivity index (χ2v) is 10.9. The summed E-state index contributed by atoms with van der Waals surface area (Å²) in [6, 6.07) is 5.80. The molecule has 214 valence electrons. The molecule has 2 aliphatic rings. The molecule has 0 radical (unpaired) electrons. The van der Waals surface area contributed by atoms with Crippen LogP contribution in [0.1, 0.15) is 28.8 Å². The lowest BCUT2D eigenvalue weighted by Gasteiger charge is -2.42. The molecule has 1 amide bonds. The molecule has 10 nitrogen and oxygen atoms in total. The number of piperidine rings is 1. The summed E-state index contributed by atoms with van der Waals surface area (Å²) in [5.74, 6) is 0.103. The number of alkyl halides is 2. The highest BCUT2D eigenvalue weighted by Gasteiger charge is 2.27. The first kappa shape index (κ1) is 28.0. The number of rotatable bonds is 9. The number of halogens is 2. The van der Waals surface area contributed by atoms with Crippen LogP contribution in [-0.4, -0.2) is 84.6 Å². The molecule has 4 N–H and O–H groups in total. The minimum Gasteiger partial charge on any atom is -0.433 e. The Morgan fingerprint density at radius 1 is 1.10 bits per heavy atom. The number of aryl methyl sites for hydroxylation is 1. The van der Waals surface area contributed by atoms with Gasteiger partial charge in [-0.15, -0.1) is 11.3 Å². The number of benzene rings is 1. The van der Waals surface area contributed by atoms with Crippen molar-refractivity contribution in [3.63, 3.8) is 0 Å². The van der Waals surface area contributed by atoms with E-state index in [0.717, 1.165) is 63.4 Å². The zero-order valence-corrected chi connectivity index (χ0v) is 23.4. The molecule has 3 aromatic rings. The third kappa shape index (κ3) is 6.60. The Labute approximate surface area is 236 Å². The molecule has 0 atom stereocenters. The van der Waals surface area contributed by atoms with Crippen molar-refractivity contribution in [1.82, 2.24) is 19.8 Å². The maximum Gasteiger partial charge on any atom is 0.387 e. The molecule has 2 fully saturated rings. The predicted octanol–water partition coefficient (Wildman–Crippen LogP) is 4.25. The van der Waals surface area contributed by atoms with Gasteiger partial charge in [-0.2, -0.15) is 13.8 Å². The average molecular weight is 573 g/mol. The fraction of sp³-hybridized carbons (Fsp3) is 0.444. The normalized spacial score (nSPS) is 17.3. The molecule has 40 heavy (non-hydrogen) atoms. The Bertz CT molecular complexity index is 1320. The number of carbonyl (C=O) groups is 1. The van der Waals surface area contributed by atoms with E-state index in [1.165, 1.54) is 11.3 Å². The topological polar surface area (TPSA) is 112 Å². The molecule has 0 aliphatic carbocycles. The van der Waals surface area contributed by atoms with Crippen molar-refractivity contribution >= 4 is 46.1 Å². The largest absolute Gasteiger partial charge is 0.433 e. The third-order valence-electron chi connectivity index (χ3n) is 7.46. The summed E-state index contributed by atoms with van der Waals surface area (Å²) in [5.41, 5.74) is 8.22. The van der Waals surface area contributed by atoms with Gasteiger partial charge >= 0.3 is 6.61 Å². The SMILES string of the molecule is Cc1cnc(Nc2ccc(N3CCC(N4CCN(C)CC4)CC3)cc2OC(F)F)nc1Nc1cscc1C(N)=O. The van der Waals surface area contributed by atoms with Crippen molar-refractivity contribution < 1.29 is 18.3 Å². The molecule has 5 rings (SSSR count). The van der Waals surface area contributed by atoms with Gasteiger partial charge in [0.2, 0.25) is 5.95 Å². The molecule has 2 aromatic heterocycles. The van der Waals surface area contributed by atoms with Crippen LogP contribution in [0.4, 0.5) is 37.6 Å². The highest BCUT2D eigenvalue weighted by atomic mass is 32.1. The number of aromatic nitrogens is 2. The fourth-order valence-corrected chi connectivity index (χ4v) is 5.91. The van der Waals surface area contributed by atoms with Crippen molar-refractivity contribution in [2.75, 3.05) is 61.8 Å². The van der Waals surface area contributed by atoms with Crippen molar-refractivity contribution in [1.29, 1.82) is 0 Å². The number of nitrogens with zero attached hydrogens (tertiary/aromatic N) is 5. The molecule has 0 unspecified atom stereocenters. The van der Waals surface area contributed by atoms with E-state index in [4.69, 9.17) is 10.5 Å². The van der Waals surface area contributed by atoms with E-state index < -0.39 is 12.5 Å². The summed E-state index contributed by atoms with van der Waals surface area (Å²) in [6.45, 7) is 4.89. The van der Waals surface area contributed by atoms with Crippen LogP contribution in [0, 0.1) is 6.92 Å². The number of anilines is 5. The number of carbonyl (C=O) groups excluding carboxylic acids is 1. The number of primary amides is 1. The van der Waals surface area contributed by atoms with Gasteiger partial charge in [0.1, 0.15) is 5.82 Å². The summed E-state index contributed by atoms with van der Waals surface area (Å²) >= 11 is 1.34. The number of hydrogen-bond donors (Lipinski definition) is 3. The molecule has 13 heteroatoms. The zero-order valence-electron chi connectivity index (χ0n) is 22.6. The van der Waals surface area contributed by atoms with E-state index in [1.54, 1.807) is 29.1 Å². The predicted molar refractivity (Wildman–Crippen MR) is 154 cm³/mol. The smallest absolute Gasteiger partial charge is 0.387 e. The molecule has 4 heterocycles. The number of thiophene rings is 1. The fourth-order valence-electron chi connectivity index (χ4n) is 5.14. The monoisotopic (exact) mass is 572 g/mol. The van der Waals surface area contributed by atoms with Crippen molar-refractivity contribution in [2.45, 2.75) is 32.4 Å². The number of ether oxygens (including phenoxy) is 1. The second kappa shape index (κ2) is 12.3.